The van der Waals surface area contributed by atoms with Crippen molar-refractivity contribution in [1.82, 2.24) is 0 Å². The van der Waals surface area contributed by atoms with Crippen LogP contribution in [0.5, 0.6) is 11.5 Å². The van der Waals surface area contributed by atoms with E-state index in [4.69, 9.17) is 13.9 Å². The first-order valence-corrected chi connectivity index (χ1v) is 9.90. The Morgan fingerprint density at radius 2 is 1.76 bits per heavy atom. The lowest BCUT2D eigenvalue weighted by Crippen LogP contribution is -2.02. The molecule has 0 spiro atoms. The van der Waals surface area contributed by atoms with Crippen LogP contribution >= 0.6 is 0 Å². The number of benzene rings is 3. The minimum atomic E-state index is 0.608. The number of nitrogens with zero attached hydrogens (tertiary/aromatic N) is 1. The van der Waals surface area contributed by atoms with Crippen molar-refractivity contribution in [3.63, 3.8) is 0 Å². The van der Waals surface area contributed by atoms with Gasteiger partial charge in [0.2, 0.25) is 0 Å². The number of hydrogen-bond donors (Lipinski definition) is 0. The average Bonchev–Trinajstić information content (AvgIpc) is 3.10. The van der Waals surface area contributed by atoms with Gasteiger partial charge in [-0.2, -0.15) is 0 Å². The maximum absolute atomic E-state index is 5.88. The lowest BCUT2D eigenvalue weighted by molar-refractivity contribution is 0.273. The maximum atomic E-state index is 5.88. The molecule has 3 aromatic carbocycles. The normalized spacial score (nSPS) is 11.7. The second-order valence-corrected chi connectivity index (χ2v) is 7.48. The van der Waals surface area contributed by atoms with Crippen LogP contribution in [0.1, 0.15) is 25.8 Å². The van der Waals surface area contributed by atoms with Crippen molar-refractivity contribution in [2.24, 2.45) is 10.9 Å². The average molecular weight is 387 g/mol. The van der Waals surface area contributed by atoms with Crippen molar-refractivity contribution in [1.29, 1.82) is 0 Å². The van der Waals surface area contributed by atoms with E-state index in [1.807, 2.05) is 54.7 Å². The molecule has 0 aliphatic carbocycles. The van der Waals surface area contributed by atoms with Crippen LogP contribution in [-0.2, 0) is 0 Å². The van der Waals surface area contributed by atoms with Crippen molar-refractivity contribution in [2.45, 2.75) is 20.3 Å². The number of hydrogen-bond acceptors (Lipinski definition) is 4. The summed E-state index contributed by atoms with van der Waals surface area (Å²) in [6.07, 6.45) is 2.85. The van der Waals surface area contributed by atoms with E-state index in [2.05, 4.69) is 31.0 Å². The molecule has 0 saturated heterocycles. The lowest BCUT2D eigenvalue weighted by atomic mass is 10.1. The van der Waals surface area contributed by atoms with Crippen LogP contribution in [0, 0.1) is 5.92 Å². The summed E-state index contributed by atoms with van der Waals surface area (Å²) in [6, 6.07) is 19.9. The molecule has 29 heavy (non-hydrogen) atoms. The van der Waals surface area contributed by atoms with Gasteiger partial charge in [-0.25, -0.2) is 0 Å². The summed E-state index contributed by atoms with van der Waals surface area (Å²) in [5.74, 6) is 2.09. The van der Waals surface area contributed by atoms with Crippen LogP contribution in [-0.4, -0.2) is 19.9 Å². The molecule has 148 valence electrons. The predicted octanol–water partition coefficient (Wildman–Crippen LogP) is 6.77. The third kappa shape index (κ3) is 4.27. The predicted molar refractivity (Wildman–Crippen MR) is 119 cm³/mol. The smallest absolute Gasteiger partial charge is 0.161 e. The van der Waals surface area contributed by atoms with E-state index in [9.17, 15) is 0 Å². The molecule has 4 rings (SSSR count). The van der Waals surface area contributed by atoms with E-state index in [-0.39, 0.29) is 0 Å². The number of fused-ring (bicyclic) bond motifs is 3. The molecule has 0 unspecified atom stereocenters. The van der Waals surface area contributed by atoms with Crippen molar-refractivity contribution in [2.75, 3.05) is 13.7 Å². The Morgan fingerprint density at radius 3 is 2.59 bits per heavy atom. The molecule has 0 atom stereocenters. The Hall–Kier alpha value is -3.27. The first-order chi connectivity index (χ1) is 14.1. The van der Waals surface area contributed by atoms with Gasteiger partial charge in [0.05, 0.1) is 19.4 Å². The highest BCUT2D eigenvalue weighted by atomic mass is 16.5. The van der Waals surface area contributed by atoms with Gasteiger partial charge in [0.1, 0.15) is 11.2 Å². The first-order valence-electron chi connectivity index (χ1n) is 9.90. The zero-order valence-corrected chi connectivity index (χ0v) is 17.0. The topological polar surface area (TPSA) is 44.0 Å². The van der Waals surface area contributed by atoms with E-state index in [0.29, 0.717) is 18.3 Å². The van der Waals surface area contributed by atoms with Gasteiger partial charge in [-0.3, -0.25) is 4.99 Å². The summed E-state index contributed by atoms with van der Waals surface area (Å²) in [7, 11) is 1.66. The fourth-order valence-corrected chi connectivity index (χ4v) is 3.23. The minimum Gasteiger partial charge on any atom is -0.493 e. The van der Waals surface area contributed by atoms with Crippen LogP contribution in [0.15, 0.2) is 70.1 Å². The molecule has 0 saturated carbocycles. The van der Waals surface area contributed by atoms with Crippen molar-refractivity contribution >= 4 is 33.8 Å². The van der Waals surface area contributed by atoms with E-state index < -0.39 is 0 Å². The molecule has 0 aliphatic rings. The number of furan rings is 1. The molecule has 1 aromatic heterocycles. The van der Waals surface area contributed by atoms with Gasteiger partial charge in [-0.1, -0.05) is 32.0 Å². The van der Waals surface area contributed by atoms with Crippen molar-refractivity contribution in [3.05, 3.63) is 66.2 Å². The van der Waals surface area contributed by atoms with Gasteiger partial charge in [0.15, 0.2) is 11.5 Å². The Balaban J connectivity index is 1.56. The van der Waals surface area contributed by atoms with Gasteiger partial charge >= 0.3 is 0 Å². The number of rotatable bonds is 7. The van der Waals surface area contributed by atoms with Gasteiger partial charge in [0, 0.05) is 17.0 Å². The van der Waals surface area contributed by atoms with Gasteiger partial charge in [-0.15, -0.1) is 0 Å². The summed E-state index contributed by atoms with van der Waals surface area (Å²) in [4.78, 5) is 4.64. The van der Waals surface area contributed by atoms with Gasteiger partial charge in [-0.05, 0) is 60.4 Å². The highest BCUT2D eigenvalue weighted by molar-refractivity contribution is 6.06. The van der Waals surface area contributed by atoms with E-state index in [0.717, 1.165) is 45.4 Å². The van der Waals surface area contributed by atoms with Crippen LogP contribution in [0.25, 0.3) is 21.9 Å². The summed E-state index contributed by atoms with van der Waals surface area (Å²) >= 11 is 0. The molecule has 4 aromatic rings. The summed E-state index contributed by atoms with van der Waals surface area (Å²) < 4.78 is 17.2. The fourth-order valence-electron chi connectivity index (χ4n) is 3.23. The molecule has 4 heteroatoms. The molecule has 0 aliphatic heterocycles. The molecule has 0 bridgehead atoms. The Morgan fingerprint density at radius 1 is 0.931 bits per heavy atom. The lowest BCUT2D eigenvalue weighted by Gasteiger charge is -2.12. The molecule has 4 nitrogen and oxygen atoms in total. The van der Waals surface area contributed by atoms with E-state index in [1.54, 1.807) is 7.11 Å². The summed E-state index contributed by atoms with van der Waals surface area (Å²) in [5.41, 5.74) is 3.59. The first kappa shape index (κ1) is 19.1. The molecule has 0 fully saturated rings. The van der Waals surface area contributed by atoms with E-state index in [1.165, 1.54) is 0 Å². The van der Waals surface area contributed by atoms with Crippen LogP contribution in [0.2, 0.25) is 0 Å². The molecule has 1 heterocycles. The third-order valence-electron chi connectivity index (χ3n) is 4.86. The monoisotopic (exact) mass is 387 g/mol. The van der Waals surface area contributed by atoms with Crippen LogP contribution < -0.4 is 9.47 Å². The second kappa shape index (κ2) is 8.39. The third-order valence-corrected chi connectivity index (χ3v) is 4.86. The Labute approximate surface area is 170 Å². The molecular weight excluding hydrogens is 362 g/mol. The Kier molecular flexibility index (Phi) is 5.52. The van der Waals surface area contributed by atoms with Gasteiger partial charge < -0.3 is 13.9 Å². The number of aliphatic imine (C=N–C) groups is 1. The quantitative estimate of drug-likeness (QED) is 0.329. The zero-order valence-electron chi connectivity index (χ0n) is 17.0. The van der Waals surface area contributed by atoms with Crippen molar-refractivity contribution in [3.8, 4) is 11.5 Å². The largest absolute Gasteiger partial charge is 0.493 e. The number of methoxy groups -OCH3 is 1. The number of ether oxygens (including phenoxy) is 2. The number of para-hydroxylation sites is 1. The fraction of sp³-hybridized carbons (Fsp3) is 0.240. The van der Waals surface area contributed by atoms with E-state index >= 15 is 0 Å². The zero-order chi connectivity index (χ0) is 20.2. The van der Waals surface area contributed by atoms with Crippen LogP contribution in [0.3, 0.4) is 0 Å². The minimum absolute atomic E-state index is 0.608. The molecule has 0 amide bonds. The van der Waals surface area contributed by atoms with Gasteiger partial charge in [0.25, 0.3) is 0 Å². The summed E-state index contributed by atoms with van der Waals surface area (Å²) in [5, 5.41) is 2.17. The highest BCUT2D eigenvalue weighted by Gasteiger charge is 2.08. The SMILES string of the molecule is COc1cc(C=Nc2ccc3oc4ccccc4c3c2)ccc1OCCC(C)C. The second-order valence-electron chi connectivity index (χ2n) is 7.48. The van der Waals surface area contributed by atoms with Crippen LogP contribution in [0.4, 0.5) is 5.69 Å². The maximum Gasteiger partial charge on any atom is 0.161 e. The summed E-state index contributed by atoms with van der Waals surface area (Å²) in [6.45, 7) is 5.05. The Bertz CT molecular complexity index is 1160. The molecule has 0 radical (unpaired) electrons. The molecule has 0 N–H and O–H groups in total. The van der Waals surface area contributed by atoms with Crippen molar-refractivity contribution < 1.29 is 13.9 Å². The standard InChI is InChI=1S/C25H25NO3/c1-17(2)12-13-28-24-10-8-18(14-25(24)27-3)16-26-19-9-11-23-21(15-19)20-6-4-5-7-22(20)29-23/h4-11,14-17H,12-13H2,1-3H3. The molecular formula is C25H25NO3. The highest BCUT2D eigenvalue weighted by Crippen LogP contribution is 2.32.